The quantitative estimate of drug-likeness (QED) is 0.0937. The minimum Gasteiger partial charge on any atom is -0.507 e. The van der Waals surface area contributed by atoms with Gasteiger partial charge < -0.3 is 16.2 Å². The molecule has 1 amide bonds. The van der Waals surface area contributed by atoms with Crippen molar-refractivity contribution in [2.75, 3.05) is 11.1 Å². The van der Waals surface area contributed by atoms with E-state index in [4.69, 9.17) is 5.73 Å². The van der Waals surface area contributed by atoms with Crippen molar-refractivity contribution in [3.05, 3.63) is 78.1 Å². The number of carbonyl (C=O) groups excluding carboxylic acids is 1. The number of fused-ring (bicyclic) bond motifs is 1. The number of rotatable bonds is 6. The van der Waals surface area contributed by atoms with Gasteiger partial charge in [0.2, 0.25) is 0 Å². The second kappa shape index (κ2) is 13.0. The standard InChI is InChI=1S/C23H17FN4O8S2.2Na/c24-14-3-1-2-13(8-14)23(30)26-15-5-7-18(20(10-15)38(34,35)36)27-28-22-17(25)6-4-12-9-16(37(31,32)33)11-19(29)21(12)22;;/h1-11,29H,25H2,(H,26,30)(H,31,32,33)(H,34,35,36);;. The Bertz CT molecular complexity index is 1870. The van der Waals surface area contributed by atoms with Crippen LogP contribution in [0, 0.1) is 5.82 Å². The molecule has 0 bridgehead atoms. The van der Waals surface area contributed by atoms with Gasteiger partial charge in [0.25, 0.3) is 26.1 Å². The predicted octanol–water partition coefficient (Wildman–Crippen LogP) is 3.67. The fraction of sp³-hybridized carbons (Fsp3) is 0. The Balaban J connectivity index is 0.00000280. The Kier molecular flexibility index (Phi) is 11.0. The molecular formula is C23H17FN4Na2O8S2. The topological polar surface area (TPSA) is 209 Å². The first-order valence-electron chi connectivity index (χ1n) is 10.4. The van der Waals surface area contributed by atoms with Gasteiger partial charge in [-0.1, -0.05) is 12.1 Å². The first-order chi connectivity index (χ1) is 17.7. The van der Waals surface area contributed by atoms with E-state index in [1.165, 1.54) is 30.3 Å². The Morgan fingerprint density at radius 3 is 2.20 bits per heavy atom. The van der Waals surface area contributed by atoms with Crippen LogP contribution >= 0.6 is 0 Å². The number of azo groups is 1. The van der Waals surface area contributed by atoms with Gasteiger partial charge in [-0.3, -0.25) is 13.9 Å². The van der Waals surface area contributed by atoms with Crippen molar-refractivity contribution in [2.24, 2.45) is 10.2 Å². The molecule has 0 heterocycles. The fourth-order valence-electron chi connectivity index (χ4n) is 3.49. The van der Waals surface area contributed by atoms with Crippen molar-refractivity contribution in [1.82, 2.24) is 0 Å². The fourth-order valence-corrected chi connectivity index (χ4v) is 4.67. The second-order valence-corrected chi connectivity index (χ2v) is 10.7. The summed E-state index contributed by atoms with van der Waals surface area (Å²) >= 11 is 0. The molecule has 0 fully saturated rings. The van der Waals surface area contributed by atoms with Gasteiger partial charge in [0.1, 0.15) is 27.8 Å². The first kappa shape index (κ1) is 33.8. The van der Waals surface area contributed by atoms with Gasteiger partial charge in [-0.25, -0.2) is 4.39 Å². The summed E-state index contributed by atoms with van der Waals surface area (Å²) in [6, 6.07) is 12.6. The predicted molar refractivity (Wildman–Crippen MR) is 146 cm³/mol. The Hall–Kier alpha value is -2.44. The molecule has 198 valence electrons. The van der Waals surface area contributed by atoms with Gasteiger partial charge in [-0.15, -0.1) is 10.2 Å². The van der Waals surface area contributed by atoms with Crippen LogP contribution in [0.2, 0.25) is 0 Å². The molecule has 6 N–H and O–H groups in total. The van der Waals surface area contributed by atoms with Crippen LogP contribution in [0.15, 0.2) is 86.7 Å². The van der Waals surface area contributed by atoms with Gasteiger partial charge in [-0.2, -0.15) is 16.8 Å². The minimum atomic E-state index is -4.89. The number of nitrogens with two attached hydrogens (primary N) is 1. The average molecular weight is 607 g/mol. The maximum atomic E-state index is 13.4. The van der Waals surface area contributed by atoms with Crippen LogP contribution in [0.5, 0.6) is 5.75 Å². The maximum absolute atomic E-state index is 13.4. The third kappa shape index (κ3) is 7.64. The van der Waals surface area contributed by atoms with E-state index in [1.54, 1.807) is 0 Å². The first-order valence-corrected chi connectivity index (χ1v) is 13.2. The third-order valence-electron chi connectivity index (χ3n) is 5.21. The van der Waals surface area contributed by atoms with E-state index >= 15 is 0 Å². The zero-order chi connectivity index (χ0) is 27.8. The molecule has 0 aromatic heterocycles. The monoisotopic (exact) mass is 606 g/mol. The van der Waals surface area contributed by atoms with Crippen molar-refractivity contribution in [3.63, 3.8) is 0 Å². The summed E-state index contributed by atoms with van der Waals surface area (Å²) < 4.78 is 79.4. The largest absolute Gasteiger partial charge is 0.507 e. The van der Waals surface area contributed by atoms with Crippen LogP contribution in [-0.4, -0.2) is 96.1 Å². The molecule has 0 spiro atoms. The molecular weight excluding hydrogens is 589 g/mol. The number of nitrogens with zero attached hydrogens (tertiary/aromatic N) is 2. The summed E-state index contributed by atoms with van der Waals surface area (Å²) in [5.41, 5.74) is 5.28. The van der Waals surface area contributed by atoms with Gasteiger partial charge >= 0.3 is 0 Å². The van der Waals surface area contributed by atoms with Crippen LogP contribution < -0.4 is 11.1 Å². The van der Waals surface area contributed by atoms with Crippen LogP contribution in [0.4, 0.5) is 27.1 Å². The number of phenolic OH excluding ortho intramolecular Hbond substituents is 1. The summed E-state index contributed by atoms with van der Waals surface area (Å²) in [7, 11) is -9.53. The van der Waals surface area contributed by atoms with Crippen LogP contribution in [-0.2, 0) is 20.2 Å². The number of halogens is 1. The second-order valence-electron chi connectivity index (χ2n) is 7.84. The zero-order valence-electron chi connectivity index (χ0n) is 20.9. The van der Waals surface area contributed by atoms with E-state index in [1.807, 2.05) is 0 Å². The maximum Gasteiger partial charge on any atom is 0.296 e. The molecule has 0 saturated carbocycles. The molecule has 40 heavy (non-hydrogen) atoms. The summed E-state index contributed by atoms with van der Waals surface area (Å²) in [5.74, 6) is -2.01. The number of aromatic hydroxyl groups is 1. The normalized spacial score (nSPS) is 11.6. The van der Waals surface area contributed by atoms with Crippen molar-refractivity contribution < 1.29 is 40.2 Å². The Morgan fingerprint density at radius 2 is 1.57 bits per heavy atom. The number of nitrogens with one attached hydrogen (secondary N) is 1. The summed E-state index contributed by atoms with van der Waals surface area (Å²) in [4.78, 5) is 11.1. The number of amides is 1. The van der Waals surface area contributed by atoms with E-state index < -0.39 is 47.5 Å². The van der Waals surface area contributed by atoms with Gasteiger partial charge in [0.15, 0.2) is 0 Å². The summed E-state index contributed by atoms with van der Waals surface area (Å²) in [5, 5.41) is 20.6. The number of hydrogen-bond acceptors (Lipinski definition) is 9. The van der Waals surface area contributed by atoms with Crippen LogP contribution in [0.3, 0.4) is 0 Å². The number of hydrogen-bond donors (Lipinski definition) is 5. The van der Waals surface area contributed by atoms with Crippen molar-refractivity contribution in [1.29, 1.82) is 0 Å². The van der Waals surface area contributed by atoms with Crippen LogP contribution in [0.25, 0.3) is 10.8 Å². The molecule has 4 rings (SSSR count). The molecule has 17 heteroatoms. The molecule has 0 unspecified atom stereocenters. The molecule has 12 nitrogen and oxygen atoms in total. The van der Waals surface area contributed by atoms with Gasteiger partial charge in [0, 0.05) is 76.4 Å². The smallest absolute Gasteiger partial charge is 0.296 e. The molecule has 0 saturated heterocycles. The van der Waals surface area contributed by atoms with E-state index in [2.05, 4.69) is 15.5 Å². The third-order valence-corrected chi connectivity index (χ3v) is 6.93. The zero-order valence-corrected chi connectivity index (χ0v) is 26.5. The summed E-state index contributed by atoms with van der Waals surface area (Å²) in [6.45, 7) is 0. The molecule has 0 aliphatic rings. The average Bonchev–Trinajstić information content (AvgIpc) is 2.82. The number of anilines is 2. The Morgan fingerprint density at radius 1 is 0.875 bits per heavy atom. The van der Waals surface area contributed by atoms with Crippen molar-refractivity contribution >= 4 is 119 Å². The van der Waals surface area contributed by atoms with Crippen LogP contribution in [0.1, 0.15) is 10.4 Å². The Labute approximate surface area is 271 Å². The van der Waals surface area contributed by atoms with Crippen molar-refractivity contribution in [2.45, 2.75) is 9.79 Å². The number of nitrogen functional groups attached to an aromatic ring is 1. The molecule has 0 aliphatic heterocycles. The van der Waals surface area contributed by atoms with Gasteiger partial charge in [0.05, 0.1) is 16.0 Å². The van der Waals surface area contributed by atoms with Gasteiger partial charge in [-0.05, 0) is 53.9 Å². The minimum absolute atomic E-state index is 0. The van der Waals surface area contributed by atoms with Crippen molar-refractivity contribution in [3.8, 4) is 5.75 Å². The number of carbonyl (C=O) groups is 1. The SMILES string of the molecule is Nc1ccc2cc(S(=O)(=O)O)cc(O)c2c1N=Nc1ccc(NC(=O)c2cccc(F)c2)cc1S(=O)(=O)O.[Na].[Na]. The van der Waals surface area contributed by atoms with E-state index in [0.29, 0.717) is 0 Å². The number of benzene rings is 4. The molecule has 4 aromatic carbocycles. The summed E-state index contributed by atoms with van der Waals surface area (Å²) in [6.07, 6.45) is 0. The molecule has 2 radical (unpaired) electrons. The molecule has 0 atom stereocenters. The van der Waals surface area contributed by atoms with E-state index in [9.17, 15) is 40.2 Å². The molecule has 0 aliphatic carbocycles. The van der Waals surface area contributed by atoms with E-state index in [0.717, 1.165) is 36.4 Å². The molecule has 4 aromatic rings. The van der Waals surface area contributed by atoms with E-state index in [-0.39, 0.29) is 98.2 Å². The number of phenols is 1.